The summed E-state index contributed by atoms with van der Waals surface area (Å²) >= 11 is 0. The molecular weight excluding hydrogens is 455 g/mol. The summed E-state index contributed by atoms with van der Waals surface area (Å²) in [5.74, 6) is -0.141. The molecule has 5 nitrogen and oxygen atoms in total. The minimum atomic E-state index is -4.89. The number of alkyl halides is 3. The van der Waals surface area contributed by atoms with Crippen LogP contribution < -0.4 is 0 Å². The number of allylic oxidation sites excluding steroid dienone is 1. The van der Waals surface area contributed by atoms with Crippen molar-refractivity contribution in [3.05, 3.63) is 77.7 Å². The number of nitrogens with zero attached hydrogens (tertiary/aromatic N) is 2. The van der Waals surface area contributed by atoms with Crippen LogP contribution in [-0.4, -0.2) is 36.9 Å². The first kappa shape index (κ1) is 26.5. The van der Waals surface area contributed by atoms with Gasteiger partial charge in [0.15, 0.2) is 5.60 Å². The van der Waals surface area contributed by atoms with E-state index in [2.05, 4.69) is 21.5 Å². The van der Waals surface area contributed by atoms with Gasteiger partial charge in [0.25, 0.3) is 0 Å². The molecule has 0 bridgehead atoms. The molecule has 0 saturated heterocycles. The highest BCUT2D eigenvalue weighted by Gasteiger charge is 2.56. The van der Waals surface area contributed by atoms with Gasteiger partial charge in [-0.1, -0.05) is 25.5 Å². The molecule has 1 aromatic carbocycles. The topological polar surface area (TPSA) is 82.0 Å². The van der Waals surface area contributed by atoms with Crippen molar-refractivity contribution >= 4 is 0 Å². The second-order valence-corrected chi connectivity index (χ2v) is 10.0. The van der Waals surface area contributed by atoms with Gasteiger partial charge in [0.2, 0.25) is 0 Å². The van der Waals surface area contributed by atoms with Crippen LogP contribution in [0.25, 0.3) is 11.1 Å². The van der Waals surface area contributed by atoms with Gasteiger partial charge in [0.05, 0.1) is 0 Å². The van der Waals surface area contributed by atoms with Crippen LogP contribution in [0, 0.1) is 6.92 Å². The standard InChI is InChI=1S/C27H32F3N3O2/c1-17(2)6-8-23-18(3)10-21(33-23)12-26(35,27(28,29)30)15-25(4,5)22-11-19(7-9-24(22)34)20-13-31-16-32-14-20/h7,9-11,13-14,16,33-35H,1,6,8,12,15H2,2-5H3. The number of benzene rings is 1. The van der Waals surface area contributed by atoms with Crippen LogP contribution in [0.3, 0.4) is 0 Å². The Morgan fingerprint density at radius 3 is 2.34 bits per heavy atom. The van der Waals surface area contributed by atoms with Gasteiger partial charge in [-0.15, -0.1) is 6.58 Å². The molecule has 35 heavy (non-hydrogen) atoms. The van der Waals surface area contributed by atoms with Gasteiger partial charge in [-0.25, -0.2) is 9.97 Å². The van der Waals surface area contributed by atoms with Crippen LogP contribution in [0.2, 0.25) is 0 Å². The highest BCUT2D eigenvalue weighted by atomic mass is 19.4. The van der Waals surface area contributed by atoms with Crippen molar-refractivity contribution in [1.82, 2.24) is 15.0 Å². The number of hydrogen-bond donors (Lipinski definition) is 3. The molecule has 188 valence electrons. The van der Waals surface area contributed by atoms with E-state index in [-0.39, 0.29) is 5.75 Å². The smallest absolute Gasteiger partial charge is 0.417 e. The number of aryl methyl sites for hydroxylation is 2. The molecule has 3 aromatic rings. The van der Waals surface area contributed by atoms with E-state index in [9.17, 15) is 23.4 Å². The first-order chi connectivity index (χ1) is 16.2. The third-order valence-electron chi connectivity index (χ3n) is 6.34. The summed E-state index contributed by atoms with van der Waals surface area (Å²) in [5, 5.41) is 21.6. The molecular formula is C27H32F3N3O2. The van der Waals surface area contributed by atoms with Crippen molar-refractivity contribution in [1.29, 1.82) is 0 Å². The normalized spacial score (nSPS) is 14.1. The predicted molar refractivity (Wildman–Crippen MR) is 130 cm³/mol. The number of rotatable bonds is 9. The summed E-state index contributed by atoms with van der Waals surface area (Å²) in [6.07, 6.45) is -0.249. The molecule has 0 amide bonds. The van der Waals surface area contributed by atoms with Crippen LogP contribution in [0.1, 0.15) is 56.1 Å². The van der Waals surface area contributed by atoms with E-state index < -0.39 is 30.0 Å². The second kappa shape index (κ2) is 9.85. The molecule has 1 atom stereocenters. The quantitative estimate of drug-likeness (QED) is 0.314. The van der Waals surface area contributed by atoms with Crippen molar-refractivity contribution in [2.45, 2.75) is 70.6 Å². The maximum absolute atomic E-state index is 14.3. The van der Waals surface area contributed by atoms with Crippen LogP contribution in [0.4, 0.5) is 13.2 Å². The third-order valence-corrected chi connectivity index (χ3v) is 6.34. The Labute approximate surface area is 203 Å². The van der Waals surface area contributed by atoms with E-state index in [0.29, 0.717) is 28.8 Å². The lowest BCUT2D eigenvalue weighted by Gasteiger charge is -2.38. The zero-order valence-electron chi connectivity index (χ0n) is 20.5. The summed E-state index contributed by atoms with van der Waals surface area (Å²) < 4.78 is 42.9. The minimum absolute atomic E-state index is 0.141. The van der Waals surface area contributed by atoms with Gasteiger partial charge < -0.3 is 15.2 Å². The molecule has 1 unspecified atom stereocenters. The van der Waals surface area contributed by atoms with Crippen molar-refractivity contribution in [3.63, 3.8) is 0 Å². The van der Waals surface area contributed by atoms with Gasteiger partial charge in [0.1, 0.15) is 12.1 Å². The zero-order chi connectivity index (χ0) is 26.0. The molecule has 3 N–H and O–H groups in total. The first-order valence-corrected chi connectivity index (χ1v) is 11.4. The Hall–Kier alpha value is -3.13. The summed E-state index contributed by atoms with van der Waals surface area (Å²) in [4.78, 5) is 11.0. The van der Waals surface area contributed by atoms with E-state index in [1.165, 1.54) is 12.4 Å². The van der Waals surface area contributed by atoms with Crippen LogP contribution in [-0.2, 0) is 18.3 Å². The van der Waals surface area contributed by atoms with Gasteiger partial charge in [0, 0.05) is 41.3 Å². The van der Waals surface area contributed by atoms with Gasteiger partial charge >= 0.3 is 6.18 Å². The second-order valence-electron chi connectivity index (χ2n) is 10.0. The Kier molecular flexibility index (Phi) is 7.45. The number of phenolic OH excluding ortho intramolecular Hbond substituents is 1. The number of H-pyrrole nitrogens is 1. The Morgan fingerprint density at radius 2 is 1.74 bits per heavy atom. The van der Waals surface area contributed by atoms with Crippen molar-refractivity contribution in [2.24, 2.45) is 0 Å². The van der Waals surface area contributed by atoms with Crippen molar-refractivity contribution < 1.29 is 23.4 Å². The fourth-order valence-corrected chi connectivity index (χ4v) is 4.48. The lowest BCUT2D eigenvalue weighted by molar-refractivity contribution is -0.266. The molecule has 2 heterocycles. The lowest BCUT2D eigenvalue weighted by atomic mass is 9.72. The number of aromatic hydroxyl groups is 1. The average Bonchev–Trinajstić information content (AvgIpc) is 3.10. The number of aromatic amines is 1. The number of nitrogens with one attached hydrogen (secondary N) is 1. The molecule has 0 spiro atoms. The van der Waals surface area contributed by atoms with Crippen LogP contribution in [0.15, 0.2) is 55.1 Å². The van der Waals surface area contributed by atoms with Crippen molar-refractivity contribution in [3.8, 4) is 16.9 Å². The summed E-state index contributed by atoms with van der Waals surface area (Å²) in [6.45, 7) is 10.8. The molecule has 0 aliphatic rings. The molecule has 0 aliphatic carbocycles. The average molecular weight is 488 g/mol. The molecule has 2 aromatic heterocycles. The maximum Gasteiger partial charge on any atom is 0.417 e. The highest BCUT2D eigenvalue weighted by Crippen LogP contribution is 2.45. The molecule has 0 aliphatic heterocycles. The van der Waals surface area contributed by atoms with Gasteiger partial charge in [-0.05, 0) is 67.9 Å². The highest BCUT2D eigenvalue weighted by molar-refractivity contribution is 5.64. The Morgan fingerprint density at radius 1 is 1.09 bits per heavy atom. The SMILES string of the molecule is C=C(C)CCc1[nH]c(CC(O)(CC(C)(C)c2cc(-c3cncnc3)ccc2O)C(F)(F)F)cc1C. The molecule has 3 rings (SSSR count). The largest absolute Gasteiger partial charge is 0.508 e. The molecule has 0 fully saturated rings. The maximum atomic E-state index is 14.3. The van der Waals surface area contributed by atoms with Crippen molar-refractivity contribution in [2.75, 3.05) is 0 Å². The fraction of sp³-hybridized carbons (Fsp3) is 0.407. The fourth-order valence-electron chi connectivity index (χ4n) is 4.48. The summed E-state index contributed by atoms with van der Waals surface area (Å²) in [5.41, 5.74) is 0.368. The Balaban J connectivity index is 1.93. The van der Waals surface area contributed by atoms with E-state index in [0.717, 1.165) is 23.3 Å². The Bertz CT molecular complexity index is 1190. The van der Waals surface area contributed by atoms with Gasteiger partial charge in [-0.3, -0.25) is 0 Å². The molecule has 0 radical (unpaired) electrons. The molecule has 0 saturated carbocycles. The van der Waals surface area contributed by atoms with E-state index >= 15 is 0 Å². The minimum Gasteiger partial charge on any atom is -0.508 e. The third kappa shape index (κ3) is 6.11. The van der Waals surface area contributed by atoms with E-state index in [1.807, 2.05) is 13.8 Å². The lowest BCUT2D eigenvalue weighted by Crippen LogP contribution is -2.50. The number of aromatic nitrogens is 3. The van der Waals surface area contributed by atoms with E-state index in [4.69, 9.17) is 0 Å². The van der Waals surface area contributed by atoms with Crippen LogP contribution in [0.5, 0.6) is 5.75 Å². The monoisotopic (exact) mass is 487 g/mol. The number of halogens is 3. The predicted octanol–water partition coefficient (Wildman–Crippen LogP) is 6.20. The summed E-state index contributed by atoms with van der Waals surface area (Å²) in [7, 11) is 0. The summed E-state index contributed by atoms with van der Waals surface area (Å²) in [6, 6.07) is 6.37. The molecule has 8 heteroatoms. The van der Waals surface area contributed by atoms with Crippen LogP contribution >= 0.6 is 0 Å². The number of hydrogen-bond acceptors (Lipinski definition) is 4. The first-order valence-electron chi connectivity index (χ1n) is 11.4. The zero-order valence-corrected chi connectivity index (χ0v) is 20.5. The number of aliphatic hydroxyl groups is 1. The number of phenols is 1. The van der Waals surface area contributed by atoms with Gasteiger partial charge in [-0.2, -0.15) is 13.2 Å². The van der Waals surface area contributed by atoms with E-state index in [1.54, 1.807) is 44.4 Å².